The van der Waals surface area contributed by atoms with E-state index in [4.69, 9.17) is 4.98 Å². The first kappa shape index (κ1) is 20.0. The van der Waals surface area contributed by atoms with Crippen LogP contribution in [0.2, 0.25) is 0 Å². The zero-order chi connectivity index (χ0) is 22.3. The number of H-pyrrole nitrogens is 1. The van der Waals surface area contributed by atoms with Crippen LogP contribution in [0.1, 0.15) is 5.56 Å². The molecule has 0 radical (unpaired) electrons. The zero-order valence-electron chi connectivity index (χ0n) is 17.5. The SMILES string of the molecule is CN(c1ncccc1Cn1ccc2cnc(Nc3ccc4[nH]ccc4c3)nc21)S(C)(=O)=O. The highest BCUT2D eigenvalue weighted by Crippen LogP contribution is 2.24. The first-order valence-electron chi connectivity index (χ1n) is 9.92. The highest BCUT2D eigenvalue weighted by Gasteiger charge is 2.18. The summed E-state index contributed by atoms with van der Waals surface area (Å²) in [5.41, 5.74) is 3.46. The number of hydrogen-bond acceptors (Lipinski definition) is 6. The van der Waals surface area contributed by atoms with Gasteiger partial charge in [0.05, 0.1) is 12.8 Å². The topological polar surface area (TPSA) is 109 Å². The Balaban J connectivity index is 1.47. The van der Waals surface area contributed by atoms with Gasteiger partial charge in [0.15, 0.2) is 0 Å². The molecule has 0 bridgehead atoms. The Labute approximate surface area is 184 Å². The molecule has 9 nitrogen and oxygen atoms in total. The van der Waals surface area contributed by atoms with Crippen LogP contribution < -0.4 is 9.62 Å². The Hall–Kier alpha value is -3.92. The maximum absolute atomic E-state index is 12.0. The van der Waals surface area contributed by atoms with Gasteiger partial charge in [-0.05, 0) is 36.4 Å². The molecule has 0 aliphatic rings. The average Bonchev–Trinajstić information content (AvgIpc) is 3.40. The molecule has 0 spiro atoms. The molecule has 1 aromatic carbocycles. The van der Waals surface area contributed by atoms with Crippen molar-refractivity contribution in [3.63, 3.8) is 0 Å². The normalized spacial score (nSPS) is 11.8. The number of anilines is 3. The molecular formula is C22H21N7O2S. The molecular weight excluding hydrogens is 426 g/mol. The van der Waals surface area contributed by atoms with E-state index in [1.165, 1.54) is 11.4 Å². The molecule has 0 aliphatic heterocycles. The zero-order valence-corrected chi connectivity index (χ0v) is 18.3. The van der Waals surface area contributed by atoms with E-state index in [0.717, 1.165) is 39.4 Å². The lowest BCUT2D eigenvalue weighted by atomic mass is 10.2. The minimum absolute atomic E-state index is 0.393. The van der Waals surface area contributed by atoms with Crippen LogP contribution in [0, 0.1) is 0 Å². The number of pyridine rings is 1. The van der Waals surface area contributed by atoms with Crippen LogP contribution in [0.3, 0.4) is 0 Å². The van der Waals surface area contributed by atoms with Crippen molar-refractivity contribution >= 4 is 49.4 Å². The van der Waals surface area contributed by atoms with Crippen LogP contribution in [-0.4, -0.2) is 46.2 Å². The third-order valence-corrected chi connectivity index (χ3v) is 6.48. The third-order valence-electron chi connectivity index (χ3n) is 5.32. The molecule has 5 rings (SSSR count). The number of aromatic nitrogens is 5. The summed E-state index contributed by atoms with van der Waals surface area (Å²) in [5.74, 6) is 0.871. The molecule has 0 unspecified atom stereocenters. The van der Waals surface area contributed by atoms with E-state index in [-0.39, 0.29) is 0 Å². The third kappa shape index (κ3) is 3.76. The summed E-state index contributed by atoms with van der Waals surface area (Å²) in [5, 5.41) is 5.24. The lowest BCUT2D eigenvalue weighted by Crippen LogP contribution is -2.27. The molecule has 10 heteroatoms. The monoisotopic (exact) mass is 447 g/mol. The van der Waals surface area contributed by atoms with Crippen LogP contribution >= 0.6 is 0 Å². The Morgan fingerprint density at radius 2 is 2.00 bits per heavy atom. The fraction of sp³-hybridized carbons (Fsp3) is 0.136. The van der Waals surface area contributed by atoms with E-state index in [2.05, 4.69) is 20.3 Å². The maximum atomic E-state index is 12.0. The lowest BCUT2D eigenvalue weighted by Gasteiger charge is -2.19. The van der Waals surface area contributed by atoms with Crippen LogP contribution in [0.15, 0.2) is 67.3 Å². The summed E-state index contributed by atoms with van der Waals surface area (Å²) >= 11 is 0. The standard InChI is InChI=1S/C22H21N7O2S/c1-28(32(2,30)31)20-17(4-3-9-24-20)14-29-11-8-16-13-25-22(27-21(16)29)26-18-5-6-19-15(12-18)7-10-23-19/h3-13,23H,14H2,1-2H3,(H,25,26,27). The van der Waals surface area contributed by atoms with Crippen molar-refractivity contribution in [1.29, 1.82) is 0 Å². The summed E-state index contributed by atoms with van der Waals surface area (Å²) < 4.78 is 27.2. The summed E-state index contributed by atoms with van der Waals surface area (Å²) in [6, 6.07) is 13.6. The van der Waals surface area contributed by atoms with Gasteiger partial charge in [-0.1, -0.05) is 6.07 Å². The first-order chi connectivity index (χ1) is 15.4. The molecule has 0 amide bonds. The average molecular weight is 448 g/mol. The fourth-order valence-electron chi connectivity index (χ4n) is 3.60. The van der Waals surface area contributed by atoms with E-state index in [1.807, 2.05) is 53.4 Å². The number of nitrogens with one attached hydrogen (secondary N) is 2. The van der Waals surface area contributed by atoms with Gasteiger partial charge in [-0.15, -0.1) is 0 Å². The van der Waals surface area contributed by atoms with Crippen LogP contribution in [0.25, 0.3) is 21.9 Å². The van der Waals surface area contributed by atoms with Crippen LogP contribution in [-0.2, 0) is 16.6 Å². The van der Waals surface area contributed by atoms with E-state index < -0.39 is 10.0 Å². The van der Waals surface area contributed by atoms with Crippen molar-refractivity contribution < 1.29 is 8.42 Å². The first-order valence-corrected chi connectivity index (χ1v) is 11.8. The van der Waals surface area contributed by atoms with Gasteiger partial charge >= 0.3 is 0 Å². The minimum Gasteiger partial charge on any atom is -0.361 e. The highest BCUT2D eigenvalue weighted by molar-refractivity contribution is 7.92. The molecule has 4 heterocycles. The Morgan fingerprint density at radius 1 is 1.12 bits per heavy atom. The number of rotatable bonds is 6. The van der Waals surface area contributed by atoms with Gasteiger partial charge in [-0.25, -0.2) is 18.4 Å². The molecule has 0 saturated heterocycles. The number of fused-ring (bicyclic) bond motifs is 2. The van der Waals surface area contributed by atoms with Gasteiger partial charge in [0.2, 0.25) is 16.0 Å². The second kappa shape index (κ2) is 7.65. The largest absolute Gasteiger partial charge is 0.361 e. The van der Waals surface area contributed by atoms with E-state index in [1.54, 1.807) is 18.5 Å². The molecule has 5 aromatic rings. The molecule has 32 heavy (non-hydrogen) atoms. The van der Waals surface area contributed by atoms with Crippen molar-refractivity contribution in [2.75, 3.05) is 22.9 Å². The summed E-state index contributed by atoms with van der Waals surface area (Å²) in [6.45, 7) is 0.415. The number of nitrogens with zero attached hydrogens (tertiary/aromatic N) is 5. The number of hydrogen-bond donors (Lipinski definition) is 2. The quantitative estimate of drug-likeness (QED) is 0.412. The van der Waals surface area contributed by atoms with Crippen molar-refractivity contribution in [3.8, 4) is 0 Å². The Bertz CT molecular complexity index is 1540. The molecule has 162 valence electrons. The van der Waals surface area contributed by atoms with Gasteiger partial charge in [0.1, 0.15) is 11.5 Å². The minimum atomic E-state index is -3.43. The molecule has 2 N–H and O–H groups in total. The number of sulfonamides is 1. The Kier molecular flexibility index (Phi) is 4.78. The molecule has 0 atom stereocenters. The molecule has 0 fully saturated rings. The van der Waals surface area contributed by atoms with Crippen LogP contribution in [0.5, 0.6) is 0 Å². The lowest BCUT2D eigenvalue weighted by molar-refractivity contribution is 0.599. The Morgan fingerprint density at radius 3 is 2.84 bits per heavy atom. The number of aromatic amines is 1. The molecule has 0 saturated carbocycles. The maximum Gasteiger partial charge on any atom is 0.233 e. The van der Waals surface area contributed by atoms with Gasteiger partial charge in [-0.3, -0.25) is 4.31 Å². The van der Waals surface area contributed by atoms with Crippen molar-refractivity contribution in [2.45, 2.75) is 6.54 Å². The van der Waals surface area contributed by atoms with Gasteiger partial charge < -0.3 is 14.9 Å². The summed E-state index contributed by atoms with van der Waals surface area (Å²) in [4.78, 5) is 16.6. The van der Waals surface area contributed by atoms with Crippen molar-refractivity contribution in [2.24, 2.45) is 0 Å². The van der Waals surface area contributed by atoms with Gasteiger partial charge in [0.25, 0.3) is 0 Å². The van der Waals surface area contributed by atoms with Crippen molar-refractivity contribution in [1.82, 2.24) is 24.5 Å². The fourth-order valence-corrected chi connectivity index (χ4v) is 4.07. The predicted octanol–water partition coefficient (Wildman–Crippen LogP) is 3.50. The number of benzene rings is 1. The summed E-state index contributed by atoms with van der Waals surface area (Å²) in [6.07, 6.45) is 8.32. The van der Waals surface area contributed by atoms with Crippen molar-refractivity contribution in [3.05, 3.63) is 72.8 Å². The van der Waals surface area contributed by atoms with Gasteiger partial charge in [-0.2, -0.15) is 4.98 Å². The highest BCUT2D eigenvalue weighted by atomic mass is 32.2. The van der Waals surface area contributed by atoms with E-state index in [9.17, 15) is 8.42 Å². The smallest absolute Gasteiger partial charge is 0.233 e. The second-order valence-corrected chi connectivity index (χ2v) is 9.55. The predicted molar refractivity (Wildman–Crippen MR) is 126 cm³/mol. The molecule has 0 aliphatic carbocycles. The van der Waals surface area contributed by atoms with Crippen LogP contribution in [0.4, 0.5) is 17.5 Å². The summed E-state index contributed by atoms with van der Waals surface area (Å²) in [7, 11) is -1.93. The van der Waals surface area contributed by atoms with Gasteiger partial charge in [0, 0.05) is 59.4 Å². The second-order valence-electron chi connectivity index (χ2n) is 7.54. The molecule has 4 aromatic heterocycles. The van der Waals surface area contributed by atoms with E-state index >= 15 is 0 Å². The van der Waals surface area contributed by atoms with E-state index in [0.29, 0.717) is 18.3 Å².